The molecule has 28 nitrogen and oxygen atoms in total. The Morgan fingerprint density at radius 2 is 0.844 bits per heavy atom. The number of nitrogens with one attached hydrogen (secondary N) is 4. The summed E-state index contributed by atoms with van der Waals surface area (Å²) in [5.41, 5.74) is 3.13. The minimum atomic E-state index is -0.544. The molecule has 109 heavy (non-hydrogen) atoms. The first-order valence-electron chi connectivity index (χ1n) is 34.3. The van der Waals surface area contributed by atoms with Gasteiger partial charge in [-0.05, 0) is 215 Å². The number of ether oxygens (including phenoxy) is 8. The molecule has 4 N–H and O–H groups in total. The summed E-state index contributed by atoms with van der Waals surface area (Å²) in [4.78, 5) is 80.9. The fourth-order valence-electron chi connectivity index (χ4n) is 10.7. The van der Waals surface area contributed by atoms with Gasteiger partial charge in [-0.25, -0.2) is 54.4 Å². The van der Waals surface area contributed by atoms with Crippen LogP contribution in [0.4, 0.5) is 26.7 Å². The van der Waals surface area contributed by atoms with Gasteiger partial charge >= 0.3 is 12.2 Å². The van der Waals surface area contributed by atoms with Crippen LogP contribution in [0.5, 0.6) is 52.1 Å². The molecule has 0 radical (unpaired) electrons. The van der Waals surface area contributed by atoms with Gasteiger partial charge in [-0.15, -0.1) is 0 Å². The van der Waals surface area contributed by atoms with Crippen molar-refractivity contribution in [1.82, 2.24) is 74.9 Å². The number of rotatable bonds is 23. The van der Waals surface area contributed by atoms with Crippen molar-refractivity contribution in [3.8, 4) is 75.2 Å². The third kappa shape index (κ3) is 27.7. The molecule has 0 saturated carbocycles. The number of aryl methyl sites for hydroxylation is 1. The second-order valence-electron chi connectivity index (χ2n) is 25.9. The van der Waals surface area contributed by atoms with E-state index in [0.29, 0.717) is 112 Å². The standard InChI is InChI=1S/C26H32N6O4S.C21H27ClN4O4.C21H24N6O2S.C6H8N2S.3CH4/c1-26(2,3)36-25(33)32-14-6-7-17(32)15-28-21-16-29-22(20-12-13-27-24(30-20)37-5)31-23(21)35-19-10-8-18(34-4)9-11-19;1-21(2,3)30-20(27)26-11-5-6-14(26)12-23-17-13-24-19(22)25-18(17)29-16-9-7-15(28-4)8-10-16;1-28-15-5-7-16(8-6-15)29-20-18(24-12-14-4-3-10-22-14)13-25-19(27-20)17-9-11-23-21(26-17)30-2;1-5-3-4-7-6(8-5)9-2;;;/h8-13,16-17,28H,6-7,14-15H2,1-5H3;7-10,13-14,23H,5-6,11-12H2,1-4H3;5-9,11,13-14,22,24H,3-4,10,12H2,1-2H3;3-4H,1-2H3;3*1H4/t17-;2*14-;;;;/m000..../s1. The fraction of sp³-hybridized carbons (Fsp3) is 0.429. The van der Waals surface area contributed by atoms with E-state index in [1.54, 1.807) is 116 Å². The quantitative estimate of drug-likeness (QED) is 0.0341. The van der Waals surface area contributed by atoms with E-state index < -0.39 is 11.2 Å². The molecule has 0 bridgehead atoms. The highest BCUT2D eigenvalue weighted by atomic mass is 35.5. The molecule has 3 saturated heterocycles. The molecule has 586 valence electrons. The molecular weight excluding hydrogens is 1470 g/mol. The molecule has 3 fully saturated rings. The Hall–Kier alpha value is -9.82. The van der Waals surface area contributed by atoms with Gasteiger partial charge in [0, 0.05) is 63.1 Å². The minimum Gasteiger partial charge on any atom is -0.497 e. The molecule has 3 aliphatic heterocycles. The number of nitrogens with zero attached hydrogens (tertiary/aromatic N) is 14. The highest BCUT2D eigenvalue weighted by Gasteiger charge is 2.34. The predicted octanol–water partition coefficient (Wildman–Crippen LogP) is 17.0. The summed E-state index contributed by atoms with van der Waals surface area (Å²) in [5, 5.41) is 15.8. The van der Waals surface area contributed by atoms with E-state index in [2.05, 4.69) is 81.1 Å². The molecule has 3 aromatic carbocycles. The van der Waals surface area contributed by atoms with Crippen molar-refractivity contribution in [2.24, 2.45) is 0 Å². The Bertz CT molecular complexity index is 4280. The zero-order valence-corrected chi connectivity index (χ0v) is 65.0. The van der Waals surface area contributed by atoms with Crippen molar-refractivity contribution in [1.29, 1.82) is 0 Å². The molecule has 9 heterocycles. The van der Waals surface area contributed by atoms with Crippen LogP contribution in [0.2, 0.25) is 5.28 Å². The number of likely N-dealkylation sites (tertiary alicyclic amines) is 2. The van der Waals surface area contributed by atoms with Crippen molar-refractivity contribution in [2.75, 3.05) is 95.3 Å². The molecule has 3 atom stereocenters. The van der Waals surface area contributed by atoms with E-state index in [9.17, 15) is 9.59 Å². The van der Waals surface area contributed by atoms with Crippen molar-refractivity contribution in [2.45, 2.75) is 154 Å². The summed E-state index contributed by atoms with van der Waals surface area (Å²) in [6.45, 7) is 17.4. The first-order chi connectivity index (χ1) is 51.1. The zero-order valence-electron chi connectivity index (χ0n) is 61.8. The van der Waals surface area contributed by atoms with Crippen LogP contribution in [0, 0.1) is 6.92 Å². The number of hydrogen-bond donors (Lipinski definition) is 4. The molecule has 0 spiro atoms. The minimum absolute atomic E-state index is 0. The monoisotopic (exact) mass is 1570 g/mol. The summed E-state index contributed by atoms with van der Waals surface area (Å²) in [5.74, 6) is 6.08. The molecule has 0 unspecified atom stereocenters. The highest BCUT2D eigenvalue weighted by molar-refractivity contribution is 7.98. The van der Waals surface area contributed by atoms with E-state index >= 15 is 0 Å². The van der Waals surface area contributed by atoms with Crippen LogP contribution in [0.1, 0.15) is 108 Å². The zero-order chi connectivity index (χ0) is 75.6. The second-order valence-corrected chi connectivity index (χ2v) is 28.6. The number of hydrogen-bond acceptors (Lipinski definition) is 29. The van der Waals surface area contributed by atoms with Gasteiger partial charge in [0.2, 0.25) is 22.9 Å². The largest absolute Gasteiger partial charge is 0.497 e. The Kier molecular flexibility index (Phi) is 35.1. The van der Waals surface area contributed by atoms with Gasteiger partial charge in [-0.3, -0.25) is 0 Å². The molecule has 9 aromatic rings. The molecule has 3 aliphatic rings. The normalized spacial score (nSPS) is 14.8. The molecule has 32 heteroatoms. The van der Waals surface area contributed by atoms with Crippen molar-refractivity contribution in [3.05, 3.63) is 139 Å². The first kappa shape index (κ1) is 88.1. The van der Waals surface area contributed by atoms with Gasteiger partial charge in [0.15, 0.2) is 27.1 Å². The molecule has 12 rings (SSSR count). The second kappa shape index (κ2) is 43.4. The van der Waals surface area contributed by atoms with Crippen LogP contribution in [0.15, 0.2) is 144 Å². The average molecular weight is 1570 g/mol. The maximum Gasteiger partial charge on any atom is 0.410 e. The van der Waals surface area contributed by atoms with Gasteiger partial charge in [0.1, 0.15) is 74.1 Å². The lowest BCUT2D eigenvalue weighted by Crippen LogP contribution is -2.42. The van der Waals surface area contributed by atoms with Gasteiger partial charge in [-0.1, -0.05) is 57.6 Å². The van der Waals surface area contributed by atoms with E-state index in [4.69, 9.17) is 49.5 Å². The first-order valence-corrected chi connectivity index (χ1v) is 38.4. The SMILES string of the molecule is C.C.C.COc1ccc(Oc2nc(-c3ccnc(SC)n3)ncc2NC[C@@H]2CCCN2)cc1.COc1ccc(Oc2nc(-c3ccnc(SC)n3)ncc2NC[C@@H]2CCCN2C(=O)OC(C)(C)C)cc1.COc1ccc(Oc2nc(Cl)ncc2NC[C@@H]2CCCN2C(=O)OC(C)(C)C)cc1.CSc1nccc(C)n1. The highest BCUT2D eigenvalue weighted by Crippen LogP contribution is 2.35. The summed E-state index contributed by atoms with van der Waals surface area (Å²) >= 11 is 10.4. The lowest BCUT2D eigenvalue weighted by molar-refractivity contribution is 0.0224. The number of halogens is 1. The van der Waals surface area contributed by atoms with Gasteiger partial charge in [-0.2, -0.15) is 15.0 Å². The van der Waals surface area contributed by atoms with Crippen LogP contribution in [-0.4, -0.2) is 190 Å². The van der Waals surface area contributed by atoms with E-state index in [1.165, 1.54) is 29.9 Å². The lowest BCUT2D eigenvalue weighted by atomic mass is 10.2. The van der Waals surface area contributed by atoms with Crippen LogP contribution in [0.3, 0.4) is 0 Å². The average Bonchev–Trinajstić information content (AvgIpc) is 1.81. The number of amides is 2. The summed E-state index contributed by atoms with van der Waals surface area (Å²) < 4.78 is 44.9. The van der Waals surface area contributed by atoms with E-state index in [1.807, 2.05) is 122 Å². The fourth-order valence-corrected chi connectivity index (χ4v) is 11.9. The molecular formula is C77H103ClN18O10S3. The van der Waals surface area contributed by atoms with Gasteiger partial charge < -0.3 is 69.0 Å². The van der Waals surface area contributed by atoms with Gasteiger partial charge in [0.25, 0.3) is 0 Å². The summed E-state index contributed by atoms with van der Waals surface area (Å²) in [6, 6.07) is 27.6. The number of carbonyl (C=O) groups is 2. The van der Waals surface area contributed by atoms with Crippen molar-refractivity contribution >= 4 is 76.1 Å². The Morgan fingerprint density at radius 3 is 1.20 bits per heavy atom. The number of thioether (sulfide) groups is 3. The number of methoxy groups -OCH3 is 3. The van der Waals surface area contributed by atoms with Crippen LogP contribution < -0.4 is 49.7 Å². The Balaban J connectivity index is 0.000000239. The number of benzene rings is 3. The van der Waals surface area contributed by atoms with Gasteiger partial charge in [0.05, 0.1) is 52.0 Å². The number of aromatic nitrogens is 12. The molecule has 6 aromatic heterocycles. The van der Waals surface area contributed by atoms with E-state index in [0.717, 1.165) is 79.0 Å². The summed E-state index contributed by atoms with van der Waals surface area (Å²) in [7, 11) is 4.85. The lowest BCUT2D eigenvalue weighted by Gasteiger charge is -2.29. The Morgan fingerprint density at radius 1 is 0.477 bits per heavy atom. The third-order valence-electron chi connectivity index (χ3n) is 15.9. The topological polar surface area (TPSA) is 317 Å². The number of anilines is 3. The maximum atomic E-state index is 12.7. The van der Waals surface area contributed by atoms with Crippen LogP contribution in [-0.2, 0) is 9.47 Å². The van der Waals surface area contributed by atoms with Crippen molar-refractivity contribution < 1.29 is 47.5 Å². The predicted molar refractivity (Wildman–Crippen MR) is 433 cm³/mol. The van der Waals surface area contributed by atoms with Crippen LogP contribution in [0.25, 0.3) is 23.0 Å². The molecule has 2 amide bonds. The maximum absolute atomic E-state index is 12.7. The van der Waals surface area contributed by atoms with Crippen LogP contribution >= 0.6 is 46.9 Å². The smallest absolute Gasteiger partial charge is 0.410 e. The molecule has 0 aliphatic carbocycles. The van der Waals surface area contributed by atoms with Crippen molar-refractivity contribution in [3.63, 3.8) is 0 Å². The third-order valence-corrected chi connectivity index (χ3v) is 17.7. The number of carbonyl (C=O) groups excluding carboxylic acids is 2. The Labute approximate surface area is 658 Å². The van der Waals surface area contributed by atoms with E-state index in [-0.39, 0.29) is 51.8 Å². The summed E-state index contributed by atoms with van der Waals surface area (Å²) in [6.07, 6.45) is 21.3.